The summed E-state index contributed by atoms with van der Waals surface area (Å²) in [6.07, 6.45) is 1.67. The Morgan fingerprint density at radius 2 is 1.93 bits per heavy atom. The minimum atomic E-state index is -0.384. The summed E-state index contributed by atoms with van der Waals surface area (Å²) in [5, 5.41) is 5.58. The van der Waals surface area contributed by atoms with Gasteiger partial charge in [-0.1, -0.05) is 12.1 Å². The number of halogens is 1. The quantitative estimate of drug-likeness (QED) is 0.390. The first-order chi connectivity index (χ1) is 13.1. The number of hydrogen-bond donors (Lipinski definition) is 2. The molecule has 4 rings (SSSR count). The van der Waals surface area contributed by atoms with Gasteiger partial charge < -0.3 is 5.32 Å². The van der Waals surface area contributed by atoms with Crippen LogP contribution < -0.4 is 10.6 Å². The monoisotopic (exact) mass is 491 g/mol. The maximum atomic E-state index is 12.3. The van der Waals surface area contributed by atoms with E-state index in [1.165, 1.54) is 11.3 Å². The SMILES string of the molecule is O=C1NC(=O)c2ccc(I)cc2/C1=C/Nc1ccc(CN2CCSC2)cc1. The Morgan fingerprint density at radius 1 is 1.11 bits per heavy atom. The molecule has 2 heterocycles. The predicted molar refractivity (Wildman–Crippen MR) is 117 cm³/mol. The summed E-state index contributed by atoms with van der Waals surface area (Å²) in [6.45, 7) is 2.10. The van der Waals surface area contributed by atoms with Crippen LogP contribution in [-0.2, 0) is 11.3 Å². The van der Waals surface area contributed by atoms with E-state index in [1.54, 1.807) is 12.3 Å². The van der Waals surface area contributed by atoms with Crippen LogP contribution in [0.2, 0.25) is 0 Å². The molecule has 0 spiro atoms. The average Bonchev–Trinajstić information content (AvgIpc) is 3.15. The maximum absolute atomic E-state index is 12.3. The van der Waals surface area contributed by atoms with Crippen LogP contribution in [0.4, 0.5) is 5.69 Å². The third-order valence-electron chi connectivity index (χ3n) is 4.56. The number of imide groups is 1. The average molecular weight is 491 g/mol. The van der Waals surface area contributed by atoms with E-state index in [0.29, 0.717) is 16.7 Å². The molecule has 0 aliphatic carbocycles. The number of carbonyl (C=O) groups is 2. The summed E-state index contributed by atoms with van der Waals surface area (Å²) >= 11 is 4.15. The zero-order chi connectivity index (χ0) is 18.8. The molecular formula is C20H18IN3O2S. The van der Waals surface area contributed by atoms with Crippen molar-refractivity contribution in [1.82, 2.24) is 10.2 Å². The van der Waals surface area contributed by atoms with Gasteiger partial charge in [0.15, 0.2) is 0 Å². The zero-order valence-corrected chi connectivity index (χ0v) is 17.5. The van der Waals surface area contributed by atoms with Gasteiger partial charge in [0.25, 0.3) is 11.8 Å². The molecule has 2 amide bonds. The standard InChI is InChI=1S/C20H18IN3O2S/c21-14-3-6-16-17(9-14)18(20(26)23-19(16)25)10-22-15-4-1-13(2-5-15)11-24-7-8-27-12-24/h1-6,9-10,22H,7-8,11-12H2,(H,23,25,26)/b18-10-. The van der Waals surface area contributed by atoms with Crippen molar-refractivity contribution >= 4 is 57.4 Å². The van der Waals surface area contributed by atoms with Gasteiger partial charge in [0.1, 0.15) is 0 Å². The van der Waals surface area contributed by atoms with E-state index in [0.717, 1.165) is 28.2 Å². The van der Waals surface area contributed by atoms with E-state index in [2.05, 4.69) is 50.3 Å². The molecule has 27 heavy (non-hydrogen) atoms. The van der Waals surface area contributed by atoms with E-state index in [4.69, 9.17) is 0 Å². The van der Waals surface area contributed by atoms with Crippen LogP contribution in [0.15, 0.2) is 48.7 Å². The van der Waals surface area contributed by atoms with Crippen molar-refractivity contribution < 1.29 is 9.59 Å². The lowest BCUT2D eigenvalue weighted by Crippen LogP contribution is -2.36. The highest BCUT2D eigenvalue weighted by atomic mass is 127. The molecule has 0 unspecified atom stereocenters. The third kappa shape index (κ3) is 4.20. The number of nitrogens with one attached hydrogen (secondary N) is 2. The molecule has 0 radical (unpaired) electrons. The van der Waals surface area contributed by atoms with Gasteiger partial charge >= 0.3 is 0 Å². The topological polar surface area (TPSA) is 61.4 Å². The Kier molecular flexibility index (Phi) is 5.51. The fourth-order valence-electron chi connectivity index (χ4n) is 3.14. The van der Waals surface area contributed by atoms with E-state index in [9.17, 15) is 9.59 Å². The molecular weight excluding hydrogens is 473 g/mol. The van der Waals surface area contributed by atoms with E-state index in [-0.39, 0.29) is 11.8 Å². The van der Waals surface area contributed by atoms with Crippen LogP contribution in [-0.4, -0.2) is 34.9 Å². The van der Waals surface area contributed by atoms with Crippen LogP contribution in [0.5, 0.6) is 0 Å². The van der Waals surface area contributed by atoms with Gasteiger partial charge in [-0.3, -0.25) is 19.8 Å². The highest BCUT2D eigenvalue weighted by molar-refractivity contribution is 14.1. The summed E-state index contributed by atoms with van der Waals surface area (Å²) in [5.41, 5.74) is 3.81. The van der Waals surface area contributed by atoms with Gasteiger partial charge in [-0.2, -0.15) is 0 Å². The summed E-state index contributed by atoms with van der Waals surface area (Å²) < 4.78 is 0.976. The molecule has 2 aromatic carbocycles. The highest BCUT2D eigenvalue weighted by Crippen LogP contribution is 2.26. The molecule has 2 aliphatic rings. The Morgan fingerprint density at radius 3 is 2.67 bits per heavy atom. The number of rotatable bonds is 4. The Labute approximate surface area is 175 Å². The lowest BCUT2D eigenvalue weighted by Gasteiger charge is -2.18. The van der Waals surface area contributed by atoms with E-state index >= 15 is 0 Å². The molecule has 5 nitrogen and oxygen atoms in total. The first-order valence-corrected chi connectivity index (χ1v) is 10.8. The number of fused-ring (bicyclic) bond motifs is 1. The van der Waals surface area contributed by atoms with Crippen LogP contribution in [0.25, 0.3) is 5.57 Å². The predicted octanol–water partition coefficient (Wildman–Crippen LogP) is 3.52. The van der Waals surface area contributed by atoms with Gasteiger partial charge in [0.05, 0.1) is 5.57 Å². The second-order valence-corrected chi connectivity index (χ2v) is 8.78. The van der Waals surface area contributed by atoms with E-state index < -0.39 is 0 Å². The van der Waals surface area contributed by atoms with E-state index in [1.807, 2.05) is 36.0 Å². The fraction of sp³-hybridized carbons (Fsp3) is 0.200. The molecule has 2 N–H and O–H groups in total. The molecule has 138 valence electrons. The van der Waals surface area contributed by atoms with Crippen LogP contribution in [0, 0.1) is 3.57 Å². The number of thioether (sulfide) groups is 1. The number of nitrogens with zero attached hydrogens (tertiary/aromatic N) is 1. The van der Waals surface area contributed by atoms with Crippen molar-refractivity contribution in [3.63, 3.8) is 0 Å². The first kappa shape index (κ1) is 18.5. The molecule has 0 saturated carbocycles. The van der Waals surface area contributed by atoms with Gasteiger partial charge in [-0.15, -0.1) is 11.8 Å². The summed E-state index contributed by atoms with van der Waals surface area (Å²) in [4.78, 5) is 26.7. The minimum absolute atomic E-state index is 0.354. The fourth-order valence-corrected chi connectivity index (χ4v) is 4.62. The third-order valence-corrected chi connectivity index (χ3v) is 6.25. The van der Waals surface area contributed by atoms with Gasteiger partial charge in [-0.25, -0.2) is 0 Å². The van der Waals surface area contributed by atoms with Crippen LogP contribution in [0.3, 0.4) is 0 Å². The van der Waals surface area contributed by atoms with Crippen molar-refractivity contribution in [2.24, 2.45) is 0 Å². The number of amides is 2. The van der Waals surface area contributed by atoms with Crippen LogP contribution >= 0.6 is 34.4 Å². The maximum Gasteiger partial charge on any atom is 0.260 e. The Bertz CT molecular complexity index is 921. The minimum Gasteiger partial charge on any atom is -0.361 e. The van der Waals surface area contributed by atoms with Crippen LogP contribution in [0.1, 0.15) is 21.5 Å². The van der Waals surface area contributed by atoms with Gasteiger partial charge in [-0.05, 0) is 58.5 Å². The van der Waals surface area contributed by atoms with Crippen molar-refractivity contribution in [3.8, 4) is 0 Å². The van der Waals surface area contributed by atoms with Gasteiger partial charge in [0, 0.05) is 51.3 Å². The largest absolute Gasteiger partial charge is 0.361 e. The normalized spacial score (nSPS) is 18.5. The van der Waals surface area contributed by atoms with Crippen molar-refractivity contribution in [1.29, 1.82) is 0 Å². The smallest absolute Gasteiger partial charge is 0.260 e. The number of anilines is 1. The lowest BCUT2D eigenvalue weighted by molar-refractivity contribution is -0.114. The number of carbonyl (C=O) groups excluding carboxylic acids is 2. The molecule has 0 bridgehead atoms. The molecule has 2 aliphatic heterocycles. The summed E-state index contributed by atoms with van der Waals surface area (Å²) in [6, 6.07) is 13.7. The number of hydrogen-bond acceptors (Lipinski definition) is 5. The highest BCUT2D eigenvalue weighted by Gasteiger charge is 2.27. The lowest BCUT2D eigenvalue weighted by atomic mass is 9.95. The summed E-state index contributed by atoms with van der Waals surface area (Å²) in [5.74, 6) is 1.56. The Hall–Kier alpha value is -1.84. The second-order valence-electron chi connectivity index (χ2n) is 6.46. The molecule has 1 fully saturated rings. The first-order valence-electron chi connectivity index (χ1n) is 8.61. The molecule has 0 atom stereocenters. The molecule has 7 heteroatoms. The van der Waals surface area contributed by atoms with Crippen molar-refractivity contribution in [2.45, 2.75) is 6.54 Å². The number of benzene rings is 2. The summed E-state index contributed by atoms with van der Waals surface area (Å²) in [7, 11) is 0. The molecule has 0 aromatic heterocycles. The van der Waals surface area contributed by atoms with Crippen molar-refractivity contribution in [2.75, 3.05) is 23.5 Å². The van der Waals surface area contributed by atoms with Crippen molar-refractivity contribution in [3.05, 3.63) is 68.9 Å². The molecule has 2 aromatic rings. The second kappa shape index (κ2) is 8.04. The Balaban J connectivity index is 1.52. The van der Waals surface area contributed by atoms with Gasteiger partial charge in [0.2, 0.25) is 0 Å². The zero-order valence-electron chi connectivity index (χ0n) is 14.5. The molecule has 1 saturated heterocycles.